The lowest BCUT2D eigenvalue weighted by Crippen LogP contribution is -2.46. The zero-order valence-corrected chi connectivity index (χ0v) is 15.2. The van der Waals surface area contributed by atoms with E-state index in [0.29, 0.717) is 0 Å². The lowest BCUT2D eigenvalue weighted by molar-refractivity contribution is 0.127. The van der Waals surface area contributed by atoms with Gasteiger partial charge in [-0.2, -0.15) is 0 Å². The predicted molar refractivity (Wildman–Crippen MR) is 97.1 cm³/mol. The van der Waals surface area contributed by atoms with E-state index in [1.54, 1.807) is 25.6 Å². The molecule has 0 unspecified atom stereocenters. The summed E-state index contributed by atoms with van der Waals surface area (Å²) in [5, 5.41) is 2.14. The zero-order chi connectivity index (χ0) is 16.8. The minimum absolute atomic E-state index is 0.882. The summed E-state index contributed by atoms with van der Waals surface area (Å²) in [6.07, 6.45) is 1.05. The number of thiazole rings is 1. The Morgan fingerprint density at radius 2 is 1.88 bits per heavy atom. The van der Waals surface area contributed by atoms with Crippen LogP contribution in [0.3, 0.4) is 0 Å². The second-order valence-electron chi connectivity index (χ2n) is 6.03. The summed E-state index contributed by atoms with van der Waals surface area (Å²) in [6.45, 7) is 6.38. The first kappa shape index (κ1) is 17.2. The summed E-state index contributed by atoms with van der Waals surface area (Å²) in [5.74, 6) is 1.81. The number of nitrogens with zero attached hydrogens (tertiary/aromatic N) is 3. The van der Waals surface area contributed by atoms with Gasteiger partial charge in [0.25, 0.3) is 0 Å². The summed E-state index contributed by atoms with van der Waals surface area (Å²) in [5.41, 5.74) is 4.31. The Morgan fingerprint density at radius 3 is 2.54 bits per heavy atom. The highest BCUT2D eigenvalue weighted by molar-refractivity contribution is 7.07. The van der Waals surface area contributed by atoms with Gasteiger partial charge < -0.3 is 14.4 Å². The molecular weight excluding hydrogens is 322 g/mol. The Bertz CT molecular complexity index is 625. The molecule has 1 aromatic heterocycles. The normalized spacial score (nSPS) is 16.2. The highest BCUT2D eigenvalue weighted by Gasteiger charge is 2.18. The fourth-order valence-corrected chi connectivity index (χ4v) is 3.64. The molecule has 2 aromatic rings. The van der Waals surface area contributed by atoms with E-state index in [2.05, 4.69) is 26.2 Å². The first-order valence-electron chi connectivity index (χ1n) is 8.31. The maximum absolute atomic E-state index is 5.49. The van der Waals surface area contributed by atoms with E-state index in [-0.39, 0.29) is 0 Å². The van der Waals surface area contributed by atoms with Crippen molar-refractivity contribution >= 4 is 11.3 Å². The maximum atomic E-state index is 5.49. The fourth-order valence-electron chi connectivity index (χ4n) is 3.05. The van der Waals surface area contributed by atoms with Crippen molar-refractivity contribution in [3.63, 3.8) is 0 Å². The van der Waals surface area contributed by atoms with Gasteiger partial charge in [0, 0.05) is 56.6 Å². The van der Waals surface area contributed by atoms with Crippen molar-refractivity contribution in [3.05, 3.63) is 40.3 Å². The third kappa shape index (κ3) is 4.47. The van der Waals surface area contributed by atoms with Crippen LogP contribution in [-0.2, 0) is 13.0 Å². The van der Waals surface area contributed by atoms with E-state index in [1.807, 2.05) is 17.6 Å². The van der Waals surface area contributed by atoms with Crippen LogP contribution < -0.4 is 9.47 Å². The molecule has 0 spiro atoms. The molecule has 2 heterocycles. The highest BCUT2D eigenvalue weighted by Crippen LogP contribution is 2.25. The monoisotopic (exact) mass is 347 g/mol. The quantitative estimate of drug-likeness (QED) is 0.769. The van der Waals surface area contributed by atoms with Crippen LogP contribution >= 0.6 is 11.3 Å². The second kappa shape index (κ2) is 8.46. The van der Waals surface area contributed by atoms with Gasteiger partial charge in [-0.3, -0.25) is 4.90 Å². The Morgan fingerprint density at radius 1 is 1.08 bits per heavy atom. The fraction of sp³-hybridized carbons (Fsp3) is 0.500. The summed E-state index contributed by atoms with van der Waals surface area (Å²) in [4.78, 5) is 9.37. The van der Waals surface area contributed by atoms with Crippen LogP contribution in [0.4, 0.5) is 0 Å². The van der Waals surface area contributed by atoms with Crippen molar-refractivity contribution in [1.82, 2.24) is 14.8 Å². The largest absolute Gasteiger partial charge is 0.497 e. The van der Waals surface area contributed by atoms with E-state index in [9.17, 15) is 0 Å². The topological polar surface area (TPSA) is 37.8 Å². The third-order valence-corrected chi connectivity index (χ3v) is 5.15. The van der Waals surface area contributed by atoms with Crippen molar-refractivity contribution in [2.24, 2.45) is 0 Å². The molecule has 5 nitrogen and oxygen atoms in total. The van der Waals surface area contributed by atoms with Crippen molar-refractivity contribution in [2.75, 3.05) is 46.9 Å². The van der Waals surface area contributed by atoms with E-state index in [0.717, 1.165) is 57.2 Å². The summed E-state index contributed by atoms with van der Waals surface area (Å²) < 4.78 is 10.8. The van der Waals surface area contributed by atoms with Gasteiger partial charge in [-0.1, -0.05) is 0 Å². The van der Waals surface area contributed by atoms with Gasteiger partial charge in [0.1, 0.15) is 11.5 Å². The van der Waals surface area contributed by atoms with Gasteiger partial charge in [0.2, 0.25) is 0 Å². The molecule has 1 fully saturated rings. The van der Waals surface area contributed by atoms with Gasteiger partial charge in [0.05, 0.1) is 25.4 Å². The number of rotatable bonds is 7. The molecule has 24 heavy (non-hydrogen) atoms. The number of piperazine rings is 1. The molecule has 1 aliphatic heterocycles. The predicted octanol–water partition coefficient (Wildman–Crippen LogP) is 2.52. The first-order chi connectivity index (χ1) is 11.8. The number of hydrogen-bond acceptors (Lipinski definition) is 6. The molecule has 0 amide bonds. The van der Waals surface area contributed by atoms with Crippen molar-refractivity contribution in [2.45, 2.75) is 13.0 Å². The van der Waals surface area contributed by atoms with Crippen molar-refractivity contribution < 1.29 is 9.47 Å². The van der Waals surface area contributed by atoms with Gasteiger partial charge in [-0.05, 0) is 18.2 Å². The Labute approximate surface area is 147 Å². The van der Waals surface area contributed by atoms with Gasteiger partial charge in [0.15, 0.2) is 0 Å². The Kier molecular flexibility index (Phi) is 6.07. The molecule has 0 N–H and O–H groups in total. The summed E-state index contributed by atoms with van der Waals surface area (Å²) in [6, 6.07) is 6.00. The minimum Gasteiger partial charge on any atom is -0.497 e. The molecule has 0 atom stereocenters. The Hall–Kier alpha value is -1.63. The molecule has 1 saturated heterocycles. The minimum atomic E-state index is 0.882. The third-order valence-electron chi connectivity index (χ3n) is 4.51. The van der Waals surface area contributed by atoms with Crippen molar-refractivity contribution in [3.8, 4) is 11.5 Å². The number of hydrogen-bond donors (Lipinski definition) is 0. The zero-order valence-electron chi connectivity index (χ0n) is 14.4. The molecule has 3 rings (SSSR count). The summed E-state index contributed by atoms with van der Waals surface area (Å²) in [7, 11) is 3.43. The second-order valence-corrected chi connectivity index (χ2v) is 6.74. The maximum Gasteiger partial charge on any atom is 0.123 e. The van der Waals surface area contributed by atoms with Gasteiger partial charge in [-0.15, -0.1) is 11.3 Å². The van der Waals surface area contributed by atoms with Crippen LogP contribution in [0.1, 0.15) is 11.3 Å². The number of ether oxygens (including phenoxy) is 2. The molecule has 0 radical (unpaired) electrons. The van der Waals surface area contributed by atoms with E-state index in [1.165, 1.54) is 11.3 Å². The van der Waals surface area contributed by atoms with Gasteiger partial charge in [-0.25, -0.2) is 4.98 Å². The van der Waals surface area contributed by atoms with E-state index < -0.39 is 0 Å². The SMILES string of the molecule is COc1ccc(OC)c(CN2CCN(CCc3cscn3)CC2)c1. The highest BCUT2D eigenvalue weighted by atomic mass is 32.1. The van der Waals surface area contributed by atoms with Crippen LogP contribution in [0.25, 0.3) is 0 Å². The van der Waals surface area contributed by atoms with Crippen LogP contribution in [0.5, 0.6) is 11.5 Å². The summed E-state index contributed by atoms with van der Waals surface area (Å²) >= 11 is 1.67. The van der Waals surface area contributed by atoms with E-state index >= 15 is 0 Å². The molecule has 1 aliphatic rings. The lowest BCUT2D eigenvalue weighted by atomic mass is 10.1. The number of aromatic nitrogens is 1. The molecule has 1 aromatic carbocycles. The molecular formula is C18H25N3O2S. The van der Waals surface area contributed by atoms with Crippen LogP contribution in [0, 0.1) is 0 Å². The lowest BCUT2D eigenvalue weighted by Gasteiger charge is -2.34. The molecule has 0 saturated carbocycles. The number of benzene rings is 1. The first-order valence-corrected chi connectivity index (χ1v) is 9.25. The average Bonchev–Trinajstić information content (AvgIpc) is 3.14. The molecule has 0 aliphatic carbocycles. The van der Waals surface area contributed by atoms with Gasteiger partial charge >= 0.3 is 0 Å². The van der Waals surface area contributed by atoms with Crippen LogP contribution in [0.15, 0.2) is 29.1 Å². The molecule has 130 valence electrons. The molecule has 0 bridgehead atoms. The Balaban J connectivity index is 1.50. The van der Waals surface area contributed by atoms with E-state index in [4.69, 9.17) is 9.47 Å². The van der Waals surface area contributed by atoms with Crippen molar-refractivity contribution in [1.29, 1.82) is 0 Å². The smallest absolute Gasteiger partial charge is 0.123 e. The molecule has 6 heteroatoms. The van der Waals surface area contributed by atoms with Crippen LogP contribution in [0.2, 0.25) is 0 Å². The standard InChI is InChI=1S/C18H25N3O2S/c1-22-17-3-4-18(23-2)15(11-17)12-21-9-7-20(8-10-21)6-5-16-13-24-14-19-16/h3-4,11,13-14H,5-10,12H2,1-2H3. The average molecular weight is 347 g/mol. The number of methoxy groups -OCH3 is 2. The van der Waals surface area contributed by atoms with Crippen LogP contribution in [-0.4, -0.2) is 61.7 Å².